The van der Waals surface area contributed by atoms with Crippen molar-refractivity contribution in [2.45, 2.75) is 24.2 Å². The second kappa shape index (κ2) is 6.37. The lowest BCUT2D eigenvalue weighted by molar-refractivity contribution is 0.601. The van der Waals surface area contributed by atoms with Gasteiger partial charge < -0.3 is 0 Å². The Kier molecular flexibility index (Phi) is 4.06. The van der Waals surface area contributed by atoms with Crippen LogP contribution in [0.25, 0.3) is 11.1 Å². The molecule has 4 heteroatoms. The summed E-state index contributed by atoms with van der Waals surface area (Å²) in [5.41, 5.74) is 5.28. The fourth-order valence-corrected chi connectivity index (χ4v) is 4.36. The van der Waals surface area contributed by atoms with Crippen molar-refractivity contribution in [1.82, 2.24) is 0 Å². The first-order valence-electron chi connectivity index (χ1n) is 8.42. The van der Waals surface area contributed by atoms with E-state index in [1.165, 1.54) is 11.1 Å². The molecule has 0 spiro atoms. The van der Waals surface area contributed by atoms with Crippen LogP contribution in [0.1, 0.15) is 17.5 Å². The maximum atomic E-state index is 12.6. The van der Waals surface area contributed by atoms with Crippen LogP contribution in [0.3, 0.4) is 0 Å². The topological polar surface area (TPSA) is 46.2 Å². The monoisotopic (exact) mass is 349 g/mol. The maximum Gasteiger partial charge on any atom is 0.261 e. The SMILES string of the molecule is O=S(=O)(Nc1ccc2c(c1)CCC2)c1ccc(-c2ccccc2)cc1. The smallest absolute Gasteiger partial charge is 0.261 e. The van der Waals surface area contributed by atoms with Gasteiger partial charge in [0, 0.05) is 5.69 Å². The number of benzene rings is 3. The summed E-state index contributed by atoms with van der Waals surface area (Å²) in [4.78, 5) is 0.271. The van der Waals surface area contributed by atoms with Crippen LogP contribution in [0.4, 0.5) is 5.69 Å². The molecule has 0 fully saturated rings. The van der Waals surface area contributed by atoms with Crippen molar-refractivity contribution >= 4 is 15.7 Å². The molecule has 1 N–H and O–H groups in total. The Morgan fingerprint density at radius 2 is 1.40 bits per heavy atom. The molecule has 1 aliphatic rings. The first-order valence-corrected chi connectivity index (χ1v) is 9.90. The first-order chi connectivity index (χ1) is 12.1. The first kappa shape index (κ1) is 15.9. The van der Waals surface area contributed by atoms with Crippen LogP contribution in [0.2, 0.25) is 0 Å². The van der Waals surface area contributed by atoms with Gasteiger partial charge in [0.2, 0.25) is 0 Å². The number of sulfonamides is 1. The highest BCUT2D eigenvalue weighted by Crippen LogP contribution is 2.27. The molecular weight excluding hydrogens is 330 g/mol. The minimum Gasteiger partial charge on any atom is -0.280 e. The van der Waals surface area contributed by atoms with Crippen molar-refractivity contribution in [3.05, 3.63) is 83.9 Å². The van der Waals surface area contributed by atoms with E-state index >= 15 is 0 Å². The van der Waals surface area contributed by atoms with Crippen LogP contribution >= 0.6 is 0 Å². The fourth-order valence-electron chi connectivity index (χ4n) is 3.31. The van der Waals surface area contributed by atoms with Gasteiger partial charge in [-0.15, -0.1) is 0 Å². The summed E-state index contributed by atoms with van der Waals surface area (Å²) in [6.45, 7) is 0. The Morgan fingerprint density at radius 1 is 0.720 bits per heavy atom. The molecule has 0 atom stereocenters. The molecule has 3 nitrogen and oxygen atoms in total. The van der Waals surface area contributed by atoms with Gasteiger partial charge in [0.1, 0.15) is 0 Å². The summed E-state index contributed by atoms with van der Waals surface area (Å²) in [5.74, 6) is 0. The molecule has 4 rings (SSSR count). The highest BCUT2D eigenvalue weighted by atomic mass is 32.2. The molecule has 0 heterocycles. The second-order valence-corrected chi connectivity index (χ2v) is 8.02. The molecule has 0 bridgehead atoms. The largest absolute Gasteiger partial charge is 0.280 e. The quantitative estimate of drug-likeness (QED) is 0.746. The third-order valence-corrected chi connectivity index (χ3v) is 6.02. The number of nitrogens with one attached hydrogen (secondary N) is 1. The molecule has 126 valence electrons. The lowest BCUT2D eigenvalue weighted by atomic mass is 10.1. The van der Waals surface area contributed by atoms with E-state index in [1.807, 2.05) is 60.7 Å². The predicted octanol–water partition coefficient (Wildman–Crippen LogP) is 4.64. The van der Waals surface area contributed by atoms with Crippen molar-refractivity contribution in [3.63, 3.8) is 0 Å². The average Bonchev–Trinajstić information content (AvgIpc) is 3.10. The van der Waals surface area contributed by atoms with E-state index in [4.69, 9.17) is 0 Å². The molecule has 1 aliphatic carbocycles. The summed E-state index contributed by atoms with van der Waals surface area (Å²) >= 11 is 0. The number of aryl methyl sites for hydroxylation is 2. The molecule has 0 aliphatic heterocycles. The van der Waals surface area contributed by atoms with Gasteiger partial charge in [0.25, 0.3) is 10.0 Å². The molecular formula is C21H19NO2S. The van der Waals surface area contributed by atoms with Crippen molar-refractivity contribution in [3.8, 4) is 11.1 Å². The standard InChI is InChI=1S/C21H19NO2S/c23-25(24,22-20-12-9-17-7-4-8-19(17)15-20)21-13-10-18(11-14-21)16-5-2-1-3-6-16/h1-3,5-6,9-15,22H,4,7-8H2. The second-order valence-electron chi connectivity index (χ2n) is 6.33. The van der Waals surface area contributed by atoms with Crippen LogP contribution in [0.15, 0.2) is 77.7 Å². The number of hydrogen-bond donors (Lipinski definition) is 1. The van der Waals surface area contributed by atoms with E-state index in [2.05, 4.69) is 4.72 Å². The molecule has 25 heavy (non-hydrogen) atoms. The number of hydrogen-bond acceptors (Lipinski definition) is 2. The van der Waals surface area contributed by atoms with Gasteiger partial charge in [-0.3, -0.25) is 4.72 Å². The van der Waals surface area contributed by atoms with Gasteiger partial charge in [0.05, 0.1) is 4.90 Å². The Balaban J connectivity index is 1.58. The highest BCUT2D eigenvalue weighted by molar-refractivity contribution is 7.92. The zero-order valence-corrected chi connectivity index (χ0v) is 14.6. The Bertz CT molecular complexity index is 994. The molecule has 0 saturated carbocycles. The molecule has 3 aromatic carbocycles. The van der Waals surface area contributed by atoms with E-state index in [0.29, 0.717) is 5.69 Å². The van der Waals surface area contributed by atoms with E-state index in [9.17, 15) is 8.42 Å². The maximum absolute atomic E-state index is 12.6. The summed E-state index contributed by atoms with van der Waals surface area (Å²) in [6, 6.07) is 22.7. The normalized spacial score (nSPS) is 13.4. The van der Waals surface area contributed by atoms with Gasteiger partial charge in [0.15, 0.2) is 0 Å². The number of fused-ring (bicyclic) bond motifs is 1. The number of anilines is 1. The molecule has 0 saturated heterocycles. The van der Waals surface area contributed by atoms with E-state index < -0.39 is 10.0 Å². The van der Waals surface area contributed by atoms with Gasteiger partial charge >= 0.3 is 0 Å². The average molecular weight is 349 g/mol. The van der Waals surface area contributed by atoms with Crippen LogP contribution in [0, 0.1) is 0 Å². The molecule has 0 amide bonds. The minimum absolute atomic E-state index is 0.271. The van der Waals surface area contributed by atoms with Crippen LogP contribution < -0.4 is 4.72 Å². The van der Waals surface area contributed by atoms with Gasteiger partial charge in [-0.1, -0.05) is 48.5 Å². The van der Waals surface area contributed by atoms with Gasteiger partial charge in [-0.05, 0) is 65.8 Å². The zero-order valence-electron chi connectivity index (χ0n) is 13.8. The van der Waals surface area contributed by atoms with E-state index in [0.717, 1.165) is 30.4 Å². The van der Waals surface area contributed by atoms with Crippen LogP contribution in [-0.2, 0) is 22.9 Å². The zero-order chi connectivity index (χ0) is 17.3. The van der Waals surface area contributed by atoms with E-state index in [-0.39, 0.29) is 4.90 Å². The summed E-state index contributed by atoms with van der Waals surface area (Å²) in [5, 5.41) is 0. The summed E-state index contributed by atoms with van der Waals surface area (Å²) < 4.78 is 28.0. The summed E-state index contributed by atoms with van der Waals surface area (Å²) in [7, 11) is -3.58. The van der Waals surface area contributed by atoms with Gasteiger partial charge in [-0.2, -0.15) is 0 Å². The van der Waals surface area contributed by atoms with Crippen molar-refractivity contribution in [1.29, 1.82) is 0 Å². The molecule has 0 aromatic heterocycles. The lowest BCUT2D eigenvalue weighted by Gasteiger charge is -2.10. The fraction of sp³-hybridized carbons (Fsp3) is 0.143. The molecule has 0 radical (unpaired) electrons. The van der Waals surface area contributed by atoms with Crippen molar-refractivity contribution in [2.75, 3.05) is 4.72 Å². The third kappa shape index (κ3) is 3.30. The Hall–Kier alpha value is -2.59. The van der Waals surface area contributed by atoms with Crippen molar-refractivity contribution in [2.24, 2.45) is 0 Å². The minimum atomic E-state index is -3.58. The third-order valence-electron chi connectivity index (χ3n) is 4.62. The van der Waals surface area contributed by atoms with E-state index in [1.54, 1.807) is 12.1 Å². The van der Waals surface area contributed by atoms with Gasteiger partial charge in [-0.25, -0.2) is 8.42 Å². The Morgan fingerprint density at radius 3 is 2.16 bits per heavy atom. The highest BCUT2D eigenvalue weighted by Gasteiger charge is 2.16. The lowest BCUT2D eigenvalue weighted by Crippen LogP contribution is -2.13. The Labute approximate surface area is 148 Å². The molecule has 3 aromatic rings. The number of rotatable bonds is 4. The predicted molar refractivity (Wildman–Crippen MR) is 101 cm³/mol. The van der Waals surface area contributed by atoms with Crippen molar-refractivity contribution < 1.29 is 8.42 Å². The molecule has 0 unspecified atom stereocenters. The van der Waals surface area contributed by atoms with Crippen LogP contribution in [-0.4, -0.2) is 8.42 Å². The van der Waals surface area contributed by atoms with Crippen LogP contribution in [0.5, 0.6) is 0 Å². The summed E-state index contributed by atoms with van der Waals surface area (Å²) in [6.07, 6.45) is 3.26.